The maximum absolute atomic E-state index is 13.0. The summed E-state index contributed by atoms with van der Waals surface area (Å²) in [5, 5.41) is 9.41. The maximum Gasteiger partial charge on any atom is 0.316 e. The van der Waals surface area contributed by atoms with E-state index in [0.29, 0.717) is 25.0 Å². The SMILES string of the molecule is CCCC(=O)[C@@H]1C(=O)[C@H](C(=O)OC)C(C)(C)CC1=N[C@@H](CC)CO. The lowest BCUT2D eigenvalue weighted by Crippen LogP contribution is -2.52. The first-order valence-electron chi connectivity index (χ1n) is 8.55. The van der Waals surface area contributed by atoms with E-state index in [0.717, 1.165) is 0 Å². The van der Waals surface area contributed by atoms with Gasteiger partial charge in [0.2, 0.25) is 0 Å². The molecule has 0 amide bonds. The highest BCUT2D eigenvalue weighted by Crippen LogP contribution is 2.41. The Morgan fingerprint density at radius 3 is 2.46 bits per heavy atom. The van der Waals surface area contributed by atoms with Crippen LogP contribution in [0.25, 0.3) is 0 Å². The second-order valence-corrected chi connectivity index (χ2v) is 7.04. The van der Waals surface area contributed by atoms with Gasteiger partial charge in [0.15, 0.2) is 5.78 Å². The number of hydrogen-bond donors (Lipinski definition) is 1. The lowest BCUT2D eigenvalue weighted by atomic mass is 9.62. The first kappa shape index (κ1) is 20.5. The molecule has 0 aromatic heterocycles. The zero-order chi connectivity index (χ0) is 18.5. The predicted molar refractivity (Wildman–Crippen MR) is 90.9 cm³/mol. The Kier molecular flexibility index (Phi) is 7.27. The molecule has 0 aromatic rings. The van der Waals surface area contributed by atoms with E-state index in [-0.39, 0.29) is 24.9 Å². The summed E-state index contributed by atoms with van der Waals surface area (Å²) in [4.78, 5) is 42.1. The van der Waals surface area contributed by atoms with E-state index in [1.165, 1.54) is 7.11 Å². The van der Waals surface area contributed by atoms with E-state index >= 15 is 0 Å². The number of carbonyl (C=O) groups is 3. The number of ketones is 2. The van der Waals surface area contributed by atoms with Crippen LogP contribution in [0.2, 0.25) is 0 Å². The Balaban J connectivity index is 3.35. The van der Waals surface area contributed by atoms with Crippen LogP contribution in [0.4, 0.5) is 0 Å². The van der Waals surface area contributed by atoms with E-state index in [9.17, 15) is 19.5 Å². The summed E-state index contributed by atoms with van der Waals surface area (Å²) in [6, 6.07) is -0.338. The average Bonchev–Trinajstić information content (AvgIpc) is 2.51. The fraction of sp³-hybridized carbons (Fsp3) is 0.778. The number of esters is 1. The first-order chi connectivity index (χ1) is 11.2. The van der Waals surface area contributed by atoms with E-state index in [1.54, 1.807) is 0 Å². The van der Waals surface area contributed by atoms with Crippen LogP contribution in [0.15, 0.2) is 4.99 Å². The molecule has 136 valence electrons. The summed E-state index contributed by atoms with van der Waals surface area (Å²) >= 11 is 0. The summed E-state index contributed by atoms with van der Waals surface area (Å²) < 4.78 is 4.79. The van der Waals surface area contributed by atoms with Crippen molar-refractivity contribution in [3.05, 3.63) is 0 Å². The molecule has 0 spiro atoms. The monoisotopic (exact) mass is 339 g/mol. The van der Waals surface area contributed by atoms with Gasteiger partial charge in [0, 0.05) is 12.1 Å². The zero-order valence-electron chi connectivity index (χ0n) is 15.3. The van der Waals surface area contributed by atoms with Crippen molar-refractivity contribution in [1.82, 2.24) is 0 Å². The molecule has 24 heavy (non-hydrogen) atoms. The van der Waals surface area contributed by atoms with Gasteiger partial charge in [0.25, 0.3) is 0 Å². The van der Waals surface area contributed by atoms with Crippen LogP contribution in [-0.2, 0) is 19.1 Å². The topological polar surface area (TPSA) is 93.0 Å². The van der Waals surface area contributed by atoms with Gasteiger partial charge < -0.3 is 9.84 Å². The Labute approximate surface area is 143 Å². The number of rotatable bonds is 7. The molecule has 1 saturated carbocycles. The third kappa shape index (κ3) is 4.29. The van der Waals surface area contributed by atoms with Crippen LogP contribution in [0.5, 0.6) is 0 Å². The Bertz CT molecular complexity index is 520. The van der Waals surface area contributed by atoms with Crippen molar-refractivity contribution in [3.8, 4) is 0 Å². The lowest BCUT2D eigenvalue weighted by Gasteiger charge is -2.39. The zero-order valence-corrected chi connectivity index (χ0v) is 15.3. The molecule has 0 saturated heterocycles. The fourth-order valence-corrected chi connectivity index (χ4v) is 3.29. The predicted octanol–water partition coefficient (Wildman–Crippen LogP) is 1.97. The van der Waals surface area contributed by atoms with E-state index in [4.69, 9.17) is 4.74 Å². The lowest BCUT2D eigenvalue weighted by molar-refractivity contribution is -0.156. The van der Waals surface area contributed by atoms with Crippen LogP contribution in [0, 0.1) is 17.3 Å². The minimum atomic E-state index is -0.998. The molecule has 0 heterocycles. The van der Waals surface area contributed by atoms with Crippen molar-refractivity contribution in [2.45, 2.75) is 59.4 Å². The minimum Gasteiger partial charge on any atom is -0.468 e. The Hall–Kier alpha value is -1.56. The Morgan fingerprint density at radius 1 is 1.38 bits per heavy atom. The minimum absolute atomic E-state index is 0.135. The average molecular weight is 339 g/mol. The second-order valence-electron chi connectivity index (χ2n) is 7.04. The number of nitrogens with zero attached hydrogens (tertiary/aromatic N) is 1. The standard InChI is InChI=1S/C18H29NO5/c1-6-8-13(21)14-12(19-11(7-2)10-20)9-18(3,4)15(16(14)22)17(23)24-5/h11,14-15,20H,6-10H2,1-5H3/t11-,14+,15+/m0/s1. The van der Waals surface area contributed by atoms with Crippen molar-refractivity contribution >= 4 is 23.2 Å². The van der Waals surface area contributed by atoms with Gasteiger partial charge in [0.05, 0.1) is 19.8 Å². The molecule has 1 N–H and O–H groups in total. The van der Waals surface area contributed by atoms with Gasteiger partial charge >= 0.3 is 5.97 Å². The van der Waals surface area contributed by atoms with Crippen LogP contribution >= 0.6 is 0 Å². The highest BCUT2D eigenvalue weighted by Gasteiger charge is 2.52. The van der Waals surface area contributed by atoms with Crippen molar-refractivity contribution < 1.29 is 24.2 Å². The number of aliphatic hydroxyl groups is 1. The normalized spacial score (nSPS) is 26.2. The summed E-state index contributed by atoms with van der Waals surface area (Å²) in [6.45, 7) is 7.24. The van der Waals surface area contributed by atoms with Crippen molar-refractivity contribution in [2.75, 3.05) is 13.7 Å². The third-order valence-electron chi connectivity index (χ3n) is 4.61. The molecule has 1 aliphatic rings. The number of carbonyl (C=O) groups excluding carboxylic acids is 3. The molecule has 0 bridgehead atoms. The van der Waals surface area contributed by atoms with Crippen LogP contribution in [0.3, 0.4) is 0 Å². The largest absolute Gasteiger partial charge is 0.468 e. The Morgan fingerprint density at radius 2 is 2.00 bits per heavy atom. The number of hydrogen-bond acceptors (Lipinski definition) is 6. The van der Waals surface area contributed by atoms with Gasteiger partial charge in [-0.1, -0.05) is 27.7 Å². The second kappa shape index (κ2) is 8.51. The first-order valence-corrected chi connectivity index (χ1v) is 8.55. The summed E-state index contributed by atoms with van der Waals surface area (Å²) in [6.07, 6.45) is 1.86. The third-order valence-corrected chi connectivity index (χ3v) is 4.61. The van der Waals surface area contributed by atoms with E-state index in [1.807, 2.05) is 27.7 Å². The molecule has 0 aromatic carbocycles. The van der Waals surface area contributed by atoms with Gasteiger partial charge in [-0.25, -0.2) is 0 Å². The van der Waals surface area contributed by atoms with Gasteiger partial charge in [-0.05, 0) is 24.7 Å². The molecular formula is C18H29NO5. The summed E-state index contributed by atoms with van der Waals surface area (Å²) in [5.74, 6) is -3.21. The number of aliphatic imine (C=N–C) groups is 1. The molecule has 0 unspecified atom stereocenters. The van der Waals surface area contributed by atoms with Crippen molar-refractivity contribution in [3.63, 3.8) is 0 Å². The summed E-state index contributed by atoms with van der Waals surface area (Å²) in [7, 11) is 1.25. The number of aliphatic hydroxyl groups excluding tert-OH is 1. The van der Waals surface area contributed by atoms with E-state index < -0.39 is 29.0 Å². The van der Waals surface area contributed by atoms with Crippen LogP contribution in [0.1, 0.15) is 53.4 Å². The molecule has 0 aliphatic heterocycles. The molecular weight excluding hydrogens is 310 g/mol. The quantitative estimate of drug-likeness (QED) is 0.565. The molecule has 1 aliphatic carbocycles. The van der Waals surface area contributed by atoms with Crippen LogP contribution < -0.4 is 0 Å². The van der Waals surface area contributed by atoms with Gasteiger partial charge in [0.1, 0.15) is 17.6 Å². The molecule has 1 rings (SSSR count). The van der Waals surface area contributed by atoms with Gasteiger partial charge in [-0.3, -0.25) is 19.4 Å². The van der Waals surface area contributed by atoms with Crippen LogP contribution in [-0.4, -0.2) is 48.1 Å². The van der Waals surface area contributed by atoms with Gasteiger partial charge in [-0.15, -0.1) is 0 Å². The number of methoxy groups -OCH3 is 1. The molecule has 3 atom stereocenters. The molecule has 1 fully saturated rings. The van der Waals surface area contributed by atoms with Gasteiger partial charge in [-0.2, -0.15) is 0 Å². The fourth-order valence-electron chi connectivity index (χ4n) is 3.29. The highest BCUT2D eigenvalue weighted by atomic mass is 16.5. The smallest absolute Gasteiger partial charge is 0.316 e. The van der Waals surface area contributed by atoms with E-state index in [2.05, 4.69) is 4.99 Å². The molecule has 6 nitrogen and oxygen atoms in total. The summed E-state index contributed by atoms with van der Waals surface area (Å²) in [5.41, 5.74) is -0.191. The van der Waals surface area contributed by atoms with Crippen molar-refractivity contribution in [2.24, 2.45) is 22.2 Å². The van der Waals surface area contributed by atoms with Crippen molar-refractivity contribution in [1.29, 1.82) is 0 Å². The number of Topliss-reactive ketones (excluding diaryl/α,β-unsaturated/α-hetero) is 2. The maximum atomic E-state index is 13.0. The molecule has 0 radical (unpaired) electrons. The molecule has 6 heteroatoms. The number of ether oxygens (including phenoxy) is 1. The highest BCUT2D eigenvalue weighted by molar-refractivity contribution is 6.26.